The zero-order valence-corrected chi connectivity index (χ0v) is 12.9. The van der Waals surface area contributed by atoms with Crippen molar-refractivity contribution in [3.8, 4) is 11.8 Å². The topological polar surface area (TPSA) is 37.3 Å². The van der Waals surface area contributed by atoms with Gasteiger partial charge in [-0.3, -0.25) is 0 Å². The molecule has 0 radical (unpaired) electrons. The molecule has 2 aromatic rings. The molecule has 2 nitrogen and oxygen atoms in total. The molecular weight excluding hydrogens is 284 g/mol. The van der Waals surface area contributed by atoms with E-state index in [0.29, 0.717) is 5.56 Å². The second kappa shape index (κ2) is 6.98. The fourth-order valence-corrected chi connectivity index (χ4v) is 2.91. The van der Waals surface area contributed by atoms with E-state index in [0.717, 1.165) is 41.5 Å². The van der Waals surface area contributed by atoms with Crippen LogP contribution in [0.15, 0.2) is 54.6 Å². The Kier molecular flexibility index (Phi) is 4.59. The van der Waals surface area contributed by atoms with Crippen LogP contribution in [-0.4, -0.2) is 11.1 Å². The molecule has 0 bridgehead atoms. The van der Waals surface area contributed by atoms with Crippen molar-refractivity contribution < 1.29 is 9.90 Å². The zero-order chi connectivity index (χ0) is 16.1. The van der Waals surface area contributed by atoms with Gasteiger partial charge in [0, 0.05) is 16.7 Å². The molecule has 2 aromatic carbocycles. The molecule has 0 atom stereocenters. The van der Waals surface area contributed by atoms with E-state index < -0.39 is 5.97 Å². The third-order valence-corrected chi connectivity index (χ3v) is 4.02. The minimum atomic E-state index is -0.894. The minimum absolute atomic E-state index is 0.345. The molecule has 1 aliphatic carbocycles. The SMILES string of the molecule is O=C(O)c1cccc(C#Cc2ccccc2)c1C1=CCCCC1. The van der Waals surface area contributed by atoms with Gasteiger partial charge in [0.25, 0.3) is 0 Å². The van der Waals surface area contributed by atoms with E-state index in [1.165, 1.54) is 6.42 Å². The van der Waals surface area contributed by atoms with Gasteiger partial charge >= 0.3 is 5.97 Å². The molecule has 0 aliphatic heterocycles. The van der Waals surface area contributed by atoms with Crippen molar-refractivity contribution in [2.75, 3.05) is 0 Å². The van der Waals surface area contributed by atoms with Gasteiger partial charge in [0.1, 0.15) is 0 Å². The summed E-state index contributed by atoms with van der Waals surface area (Å²) in [4.78, 5) is 11.6. The fourth-order valence-electron chi connectivity index (χ4n) is 2.91. The summed E-state index contributed by atoms with van der Waals surface area (Å²) in [7, 11) is 0. The van der Waals surface area contributed by atoms with Crippen molar-refractivity contribution in [2.45, 2.75) is 25.7 Å². The largest absolute Gasteiger partial charge is 0.478 e. The summed E-state index contributed by atoms with van der Waals surface area (Å²) in [6, 6.07) is 15.1. The molecular formula is C21H18O2. The average Bonchev–Trinajstić information content (AvgIpc) is 2.61. The lowest BCUT2D eigenvalue weighted by Gasteiger charge is -2.16. The Morgan fingerprint density at radius 3 is 2.48 bits per heavy atom. The van der Waals surface area contributed by atoms with Gasteiger partial charge < -0.3 is 5.11 Å². The third kappa shape index (κ3) is 3.52. The zero-order valence-electron chi connectivity index (χ0n) is 12.9. The molecule has 0 heterocycles. The van der Waals surface area contributed by atoms with Gasteiger partial charge in [-0.2, -0.15) is 0 Å². The van der Waals surface area contributed by atoms with Crippen LogP contribution in [0.5, 0.6) is 0 Å². The lowest BCUT2D eigenvalue weighted by Crippen LogP contribution is -2.06. The van der Waals surface area contributed by atoms with Gasteiger partial charge in [-0.1, -0.05) is 42.2 Å². The van der Waals surface area contributed by atoms with E-state index >= 15 is 0 Å². The Hall–Kier alpha value is -2.79. The second-order valence-corrected chi connectivity index (χ2v) is 5.62. The first kappa shape index (κ1) is 15.1. The van der Waals surface area contributed by atoms with Crippen molar-refractivity contribution in [3.63, 3.8) is 0 Å². The van der Waals surface area contributed by atoms with E-state index in [2.05, 4.69) is 17.9 Å². The van der Waals surface area contributed by atoms with Crippen LogP contribution in [0, 0.1) is 11.8 Å². The molecule has 0 amide bonds. The highest BCUT2D eigenvalue weighted by Gasteiger charge is 2.18. The monoisotopic (exact) mass is 302 g/mol. The van der Waals surface area contributed by atoms with E-state index in [4.69, 9.17) is 0 Å². The maximum atomic E-state index is 11.6. The number of rotatable bonds is 2. The van der Waals surface area contributed by atoms with Crippen molar-refractivity contribution in [1.29, 1.82) is 0 Å². The maximum absolute atomic E-state index is 11.6. The number of carboxylic acids is 1. The highest BCUT2D eigenvalue weighted by atomic mass is 16.4. The first-order valence-corrected chi connectivity index (χ1v) is 7.88. The summed E-state index contributed by atoms with van der Waals surface area (Å²) in [5, 5.41) is 9.53. The summed E-state index contributed by atoms with van der Waals surface area (Å²) >= 11 is 0. The lowest BCUT2D eigenvalue weighted by molar-refractivity contribution is 0.0696. The number of allylic oxidation sites excluding steroid dienone is 2. The quantitative estimate of drug-likeness (QED) is 0.813. The maximum Gasteiger partial charge on any atom is 0.336 e. The molecule has 0 aromatic heterocycles. The van der Waals surface area contributed by atoms with E-state index in [1.54, 1.807) is 12.1 Å². The summed E-state index contributed by atoms with van der Waals surface area (Å²) in [5.74, 6) is 5.41. The van der Waals surface area contributed by atoms with Crippen LogP contribution in [0.4, 0.5) is 0 Å². The third-order valence-electron chi connectivity index (χ3n) is 4.02. The molecule has 0 spiro atoms. The van der Waals surface area contributed by atoms with E-state index in [1.807, 2.05) is 36.4 Å². The van der Waals surface area contributed by atoms with Crippen LogP contribution in [0.3, 0.4) is 0 Å². The highest BCUT2D eigenvalue weighted by Crippen LogP contribution is 2.31. The van der Waals surface area contributed by atoms with Crippen LogP contribution >= 0.6 is 0 Å². The van der Waals surface area contributed by atoms with Crippen molar-refractivity contribution in [2.24, 2.45) is 0 Å². The fraction of sp³-hybridized carbons (Fsp3) is 0.190. The van der Waals surface area contributed by atoms with Gasteiger partial charge in [0.05, 0.1) is 5.56 Å². The predicted octanol–water partition coefficient (Wildman–Crippen LogP) is 4.74. The van der Waals surface area contributed by atoms with E-state index in [-0.39, 0.29) is 0 Å². The minimum Gasteiger partial charge on any atom is -0.478 e. The standard InChI is InChI=1S/C21H18O2/c22-21(23)19-13-7-12-18(15-14-16-8-3-1-4-9-16)20(19)17-10-5-2-6-11-17/h1,3-4,7-10,12-13H,2,5-6,11H2,(H,22,23). The Bertz CT molecular complexity index is 805. The van der Waals surface area contributed by atoms with E-state index in [9.17, 15) is 9.90 Å². The number of aromatic carboxylic acids is 1. The predicted molar refractivity (Wildman–Crippen MR) is 92.3 cm³/mol. The molecule has 2 heteroatoms. The first-order valence-electron chi connectivity index (χ1n) is 7.88. The molecule has 0 saturated heterocycles. The first-order chi connectivity index (χ1) is 11.3. The highest BCUT2D eigenvalue weighted by molar-refractivity contribution is 5.95. The molecule has 0 unspecified atom stereocenters. The molecule has 114 valence electrons. The molecule has 23 heavy (non-hydrogen) atoms. The molecule has 1 aliphatic rings. The van der Waals surface area contributed by atoms with Gasteiger partial charge in [-0.05, 0) is 55.5 Å². The molecule has 0 saturated carbocycles. The number of carbonyl (C=O) groups is 1. The summed E-state index contributed by atoms with van der Waals surface area (Å²) in [5.41, 5.74) is 3.98. The summed E-state index contributed by atoms with van der Waals surface area (Å²) in [6.07, 6.45) is 6.37. The summed E-state index contributed by atoms with van der Waals surface area (Å²) in [6.45, 7) is 0. The van der Waals surface area contributed by atoms with Crippen molar-refractivity contribution in [1.82, 2.24) is 0 Å². The van der Waals surface area contributed by atoms with Gasteiger partial charge in [0.15, 0.2) is 0 Å². The molecule has 0 fully saturated rings. The Balaban J connectivity index is 2.10. The lowest BCUT2D eigenvalue weighted by atomic mass is 9.87. The summed E-state index contributed by atoms with van der Waals surface area (Å²) < 4.78 is 0. The van der Waals surface area contributed by atoms with Crippen LogP contribution in [0.25, 0.3) is 5.57 Å². The molecule has 3 rings (SSSR count). The number of hydrogen-bond acceptors (Lipinski definition) is 1. The Labute approximate surface area is 136 Å². The normalized spacial score (nSPS) is 13.7. The van der Waals surface area contributed by atoms with Crippen molar-refractivity contribution in [3.05, 3.63) is 76.9 Å². The van der Waals surface area contributed by atoms with Gasteiger partial charge in [-0.25, -0.2) is 4.79 Å². The van der Waals surface area contributed by atoms with Gasteiger partial charge in [-0.15, -0.1) is 0 Å². The van der Waals surface area contributed by atoms with Crippen LogP contribution in [0.1, 0.15) is 52.7 Å². The Morgan fingerprint density at radius 2 is 1.78 bits per heavy atom. The smallest absolute Gasteiger partial charge is 0.336 e. The van der Waals surface area contributed by atoms with Gasteiger partial charge in [0.2, 0.25) is 0 Å². The Morgan fingerprint density at radius 1 is 0.957 bits per heavy atom. The van der Waals surface area contributed by atoms with Crippen LogP contribution in [0.2, 0.25) is 0 Å². The number of hydrogen-bond donors (Lipinski definition) is 1. The average molecular weight is 302 g/mol. The van der Waals surface area contributed by atoms with Crippen LogP contribution < -0.4 is 0 Å². The second-order valence-electron chi connectivity index (χ2n) is 5.62. The van der Waals surface area contributed by atoms with Crippen molar-refractivity contribution >= 4 is 11.5 Å². The number of carboxylic acid groups (broad SMARTS) is 1. The molecule has 1 N–H and O–H groups in total. The van der Waals surface area contributed by atoms with Crippen LogP contribution in [-0.2, 0) is 0 Å². The number of benzene rings is 2.